The van der Waals surface area contributed by atoms with Gasteiger partial charge in [-0.2, -0.15) is 0 Å². The van der Waals surface area contributed by atoms with Crippen molar-refractivity contribution in [3.63, 3.8) is 0 Å². The number of ketones is 1. The molecule has 0 N–H and O–H groups in total. The average Bonchev–Trinajstić information content (AvgIpc) is 2.38. The molecule has 0 fully saturated rings. The zero-order valence-corrected chi connectivity index (χ0v) is 11.4. The van der Waals surface area contributed by atoms with Crippen molar-refractivity contribution < 1.29 is 19.0 Å². The Hall–Kier alpha value is -1.55. The maximum Gasteiger partial charge on any atom is 0.161 e. The Balaban J connectivity index is 2.55. The first-order valence-corrected chi connectivity index (χ1v) is 5.87. The minimum atomic E-state index is -0.0647. The van der Waals surface area contributed by atoms with Crippen molar-refractivity contribution in [2.75, 3.05) is 20.8 Å². The predicted octanol–water partition coefficient (Wildman–Crippen LogP) is 2.45. The van der Waals surface area contributed by atoms with E-state index in [9.17, 15) is 4.79 Å². The second-order valence-electron chi connectivity index (χ2n) is 4.22. The van der Waals surface area contributed by atoms with Gasteiger partial charge in [0.15, 0.2) is 11.5 Å². The number of Topliss-reactive ketones (excluding diaryl/α,β-unsaturated/α-hetero) is 1. The monoisotopic (exact) mass is 252 g/mol. The lowest BCUT2D eigenvalue weighted by Crippen LogP contribution is -2.13. The van der Waals surface area contributed by atoms with Gasteiger partial charge in [0.25, 0.3) is 0 Å². The third-order valence-electron chi connectivity index (χ3n) is 2.78. The fourth-order valence-corrected chi connectivity index (χ4v) is 1.44. The second-order valence-corrected chi connectivity index (χ2v) is 4.22. The quantitative estimate of drug-likeness (QED) is 0.747. The van der Waals surface area contributed by atoms with Crippen LogP contribution in [0.4, 0.5) is 0 Å². The Morgan fingerprint density at radius 3 is 2.44 bits per heavy atom. The van der Waals surface area contributed by atoms with E-state index in [2.05, 4.69) is 0 Å². The standard InChI is InChI=1S/C14H20O4/c1-10(11(2)15)8-18-9-12-5-6-13(16-3)14(7-12)17-4/h5-7,10H,8-9H2,1-4H3/t10-/m1/s1. The zero-order valence-electron chi connectivity index (χ0n) is 11.4. The molecule has 0 heterocycles. The first-order chi connectivity index (χ1) is 8.58. The van der Waals surface area contributed by atoms with Crippen molar-refractivity contribution >= 4 is 5.78 Å². The van der Waals surface area contributed by atoms with Gasteiger partial charge in [-0.05, 0) is 24.6 Å². The van der Waals surface area contributed by atoms with Crippen LogP contribution in [0, 0.1) is 5.92 Å². The van der Waals surface area contributed by atoms with Gasteiger partial charge in [-0.1, -0.05) is 13.0 Å². The summed E-state index contributed by atoms with van der Waals surface area (Å²) < 4.78 is 15.9. The molecule has 1 aromatic rings. The number of methoxy groups -OCH3 is 2. The summed E-state index contributed by atoms with van der Waals surface area (Å²) in [5.41, 5.74) is 0.989. The summed E-state index contributed by atoms with van der Waals surface area (Å²) in [5.74, 6) is 1.45. The van der Waals surface area contributed by atoms with Crippen molar-refractivity contribution in [1.29, 1.82) is 0 Å². The summed E-state index contributed by atoms with van der Waals surface area (Å²) in [4.78, 5) is 11.1. The highest BCUT2D eigenvalue weighted by atomic mass is 16.5. The van der Waals surface area contributed by atoms with Crippen LogP contribution in [0.5, 0.6) is 11.5 Å². The molecule has 0 unspecified atom stereocenters. The van der Waals surface area contributed by atoms with Gasteiger partial charge in [-0.15, -0.1) is 0 Å². The summed E-state index contributed by atoms with van der Waals surface area (Å²) in [6, 6.07) is 5.63. The summed E-state index contributed by atoms with van der Waals surface area (Å²) in [6.45, 7) is 4.32. The normalized spacial score (nSPS) is 12.0. The molecule has 18 heavy (non-hydrogen) atoms. The highest BCUT2D eigenvalue weighted by molar-refractivity contribution is 5.77. The van der Waals surface area contributed by atoms with Crippen molar-refractivity contribution in [1.82, 2.24) is 0 Å². The number of ether oxygens (including phenoxy) is 3. The van der Waals surface area contributed by atoms with Crippen molar-refractivity contribution in [3.8, 4) is 11.5 Å². The number of hydrogen-bond acceptors (Lipinski definition) is 4. The maximum absolute atomic E-state index is 11.1. The third kappa shape index (κ3) is 4.04. The lowest BCUT2D eigenvalue weighted by atomic mass is 10.1. The number of carbonyl (C=O) groups is 1. The van der Waals surface area contributed by atoms with E-state index in [1.54, 1.807) is 21.1 Å². The number of benzene rings is 1. The predicted molar refractivity (Wildman–Crippen MR) is 69.0 cm³/mol. The van der Waals surface area contributed by atoms with Gasteiger partial charge in [0, 0.05) is 5.92 Å². The van der Waals surface area contributed by atoms with E-state index >= 15 is 0 Å². The third-order valence-corrected chi connectivity index (χ3v) is 2.78. The van der Waals surface area contributed by atoms with Crippen LogP contribution in [0.25, 0.3) is 0 Å². The molecule has 1 aromatic carbocycles. The van der Waals surface area contributed by atoms with Crippen LogP contribution in [0.15, 0.2) is 18.2 Å². The molecule has 0 aliphatic carbocycles. The molecule has 0 saturated heterocycles. The second kappa shape index (κ2) is 7.01. The molecule has 1 rings (SSSR count). The van der Waals surface area contributed by atoms with Gasteiger partial charge in [0.2, 0.25) is 0 Å². The van der Waals surface area contributed by atoms with Gasteiger partial charge >= 0.3 is 0 Å². The van der Waals surface area contributed by atoms with E-state index in [1.165, 1.54) is 0 Å². The van der Waals surface area contributed by atoms with Gasteiger partial charge in [0.1, 0.15) is 5.78 Å². The number of carbonyl (C=O) groups excluding carboxylic acids is 1. The Morgan fingerprint density at radius 2 is 1.89 bits per heavy atom. The van der Waals surface area contributed by atoms with E-state index < -0.39 is 0 Å². The van der Waals surface area contributed by atoms with E-state index in [4.69, 9.17) is 14.2 Å². The van der Waals surface area contributed by atoms with Crippen LogP contribution in [0.1, 0.15) is 19.4 Å². The molecule has 4 heteroatoms. The van der Waals surface area contributed by atoms with Gasteiger partial charge in [-0.3, -0.25) is 4.79 Å². The van der Waals surface area contributed by atoms with E-state index in [-0.39, 0.29) is 11.7 Å². The smallest absolute Gasteiger partial charge is 0.161 e. The molecule has 0 saturated carbocycles. The molecule has 0 radical (unpaired) electrons. The Morgan fingerprint density at radius 1 is 1.22 bits per heavy atom. The fourth-order valence-electron chi connectivity index (χ4n) is 1.44. The van der Waals surface area contributed by atoms with E-state index in [0.29, 0.717) is 24.7 Å². The minimum absolute atomic E-state index is 0.0647. The minimum Gasteiger partial charge on any atom is -0.493 e. The molecule has 0 bridgehead atoms. The van der Waals surface area contributed by atoms with Gasteiger partial charge in [0.05, 0.1) is 27.4 Å². The summed E-state index contributed by atoms with van der Waals surface area (Å²) in [5, 5.41) is 0. The highest BCUT2D eigenvalue weighted by Gasteiger charge is 2.08. The lowest BCUT2D eigenvalue weighted by Gasteiger charge is -2.11. The Kier molecular flexibility index (Phi) is 5.65. The van der Waals surface area contributed by atoms with Crippen LogP contribution in [-0.4, -0.2) is 26.6 Å². The lowest BCUT2D eigenvalue weighted by molar-refractivity contribution is -0.122. The Labute approximate surface area is 108 Å². The van der Waals surface area contributed by atoms with Crippen LogP contribution in [0.2, 0.25) is 0 Å². The zero-order chi connectivity index (χ0) is 13.5. The van der Waals surface area contributed by atoms with Gasteiger partial charge < -0.3 is 14.2 Å². The molecule has 0 spiro atoms. The van der Waals surface area contributed by atoms with Crippen molar-refractivity contribution in [2.45, 2.75) is 20.5 Å². The SMILES string of the molecule is COc1ccc(COC[C@@H](C)C(C)=O)cc1OC. The molecule has 0 amide bonds. The molecule has 100 valence electrons. The molecular weight excluding hydrogens is 232 g/mol. The average molecular weight is 252 g/mol. The topological polar surface area (TPSA) is 44.8 Å². The van der Waals surface area contributed by atoms with Crippen LogP contribution < -0.4 is 9.47 Å². The number of rotatable bonds is 7. The summed E-state index contributed by atoms with van der Waals surface area (Å²) in [7, 11) is 3.20. The van der Waals surface area contributed by atoms with Crippen molar-refractivity contribution in [3.05, 3.63) is 23.8 Å². The first-order valence-electron chi connectivity index (χ1n) is 5.87. The molecule has 0 aliphatic heterocycles. The van der Waals surface area contributed by atoms with E-state index in [1.807, 2.05) is 25.1 Å². The van der Waals surface area contributed by atoms with Crippen LogP contribution in [-0.2, 0) is 16.1 Å². The molecule has 0 aliphatic rings. The first kappa shape index (κ1) is 14.5. The van der Waals surface area contributed by atoms with E-state index in [0.717, 1.165) is 5.56 Å². The fraction of sp³-hybridized carbons (Fsp3) is 0.500. The molecule has 0 aromatic heterocycles. The maximum atomic E-state index is 11.1. The largest absolute Gasteiger partial charge is 0.493 e. The molecule has 1 atom stereocenters. The van der Waals surface area contributed by atoms with Crippen LogP contribution >= 0.6 is 0 Å². The summed E-state index contributed by atoms with van der Waals surface area (Å²) in [6.07, 6.45) is 0. The van der Waals surface area contributed by atoms with Gasteiger partial charge in [-0.25, -0.2) is 0 Å². The summed E-state index contributed by atoms with van der Waals surface area (Å²) >= 11 is 0. The molecular formula is C14H20O4. The molecule has 4 nitrogen and oxygen atoms in total. The highest BCUT2D eigenvalue weighted by Crippen LogP contribution is 2.27. The van der Waals surface area contributed by atoms with Crippen molar-refractivity contribution in [2.24, 2.45) is 5.92 Å². The van der Waals surface area contributed by atoms with Crippen LogP contribution in [0.3, 0.4) is 0 Å². The number of hydrogen-bond donors (Lipinski definition) is 0. The Bertz CT molecular complexity index is 401.